The first-order valence-corrected chi connectivity index (χ1v) is 7.67. The van der Waals surface area contributed by atoms with Crippen LogP contribution in [0.2, 0.25) is 0 Å². The molecule has 19 heavy (non-hydrogen) atoms. The van der Waals surface area contributed by atoms with Crippen LogP contribution in [-0.4, -0.2) is 24.5 Å². The van der Waals surface area contributed by atoms with Crippen molar-refractivity contribution >= 4 is 0 Å². The number of nitrogens with two attached hydrogens (primary N) is 1. The molecule has 1 fully saturated rings. The second-order valence-corrected chi connectivity index (χ2v) is 6.15. The van der Waals surface area contributed by atoms with E-state index in [2.05, 4.69) is 43.1 Å². The highest BCUT2D eigenvalue weighted by molar-refractivity contribution is 5.27. The Morgan fingerprint density at radius 1 is 1.21 bits per heavy atom. The molecule has 0 saturated heterocycles. The number of hydrogen-bond acceptors (Lipinski definition) is 2. The van der Waals surface area contributed by atoms with Crippen LogP contribution in [0, 0.1) is 5.92 Å². The summed E-state index contributed by atoms with van der Waals surface area (Å²) in [5, 5.41) is 0. The van der Waals surface area contributed by atoms with Gasteiger partial charge in [0, 0.05) is 12.6 Å². The number of benzene rings is 1. The smallest absolute Gasteiger partial charge is 0.0236 e. The molecule has 0 spiro atoms. The highest BCUT2D eigenvalue weighted by Crippen LogP contribution is 2.27. The normalized spacial score (nSPS) is 23.8. The Hall–Kier alpha value is -0.860. The summed E-state index contributed by atoms with van der Waals surface area (Å²) in [6, 6.07) is 9.51. The summed E-state index contributed by atoms with van der Waals surface area (Å²) >= 11 is 0. The molecule has 0 heterocycles. The standard InChI is InChI=1S/C17H28N2/c1-14-6-5-9-17(12-14)19(2)13-16-8-4-3-7-15(16)10-11-18/h3-4,7-8,14,17H,5-6,9-13,18H2,1-2H3. The largest absolute Gasteiger partial charge is 0.330 e. The van der Waals surface area contributed by atoms with Gasteiger partial charge in [-0.05, 0) is 49.9 Å². The fourth-order valence-corrected chi connectivity index (χ4v) is 3.31. The van der Waals surface area contributed by atoms with E-state index < -0.39 is 0 Å². The van der Waals surface area contributed by atoms with E-state index in [-0.39, 0.29) is 0 Å². The monoisotopic (exact) mass is 260 g/mol. The highest BCUT2D eigenvalue weighted by atomic mass is 15.1. The molecule has 2 rings (SSSR count). The number of hydrogen-bond donors (Lipinski definition) is 1. The van der Waals surface area contributed by atoms with Crippen LogP contribution >= 0.6 is 0 Å². The summed E-state index contributed by atoms with van der Waals surface area (Å²) in [4.78, 5) is 2.55. The second-order valence-electron chi connectivity index (χ2n) is 6.15. The molecule has 1 saturated carbocycles. The molecule has 2 nitrogen and oxygen atoms in total. The van der Waals surface area contributed by atoms with Gasteiger partial charge in [-0.2, -0.15) is 0 Å². The average Bonchev–Trinajstić information content (AvgIpc) is 2.41. The molecule has 1 aliphatic rings. The van der Waals surface area contributed by atoms with Gasteiger partial charge in [0.15, 0.2) is 0 Å². The first kappa shape index (κ1) is 14.5. The number of nitrogens with zero attached hydrogens (tertiary/aromatic N) is 1. The lowest BCUT2D eigenvalue weighted by molar-refractivity contribution is 0.157. The van der Waals surface area contributed by atoms with Gasteiger partial charge in [-0.3, -0.25) is 4.90 Å². The maximum Gasteiger partial charge on any atom is 0.0236 e. The molecule has 106 valence electrons. The molecule has 0 aromatic heterocycles. The highest BCUT2D eigenvalue weighted by Gasteiger charge is 2.22. The molecular formula is C17H28N2. The third kappa shape index (κ3) is 4.05. The van der Waals surface area contributed by atoms with E-state index >= 15 is 0 Å². The van der Waals surface area contributed by atoms with Gasteiger partial charge in [0.1, 0.15) is 0 Å². The Balaban J connectivity index is 1.99. The van der Waals surface area contributed by atoms with Gasteiger partial charge < -0.3 is 5.73 Å². The molecule has 2 heteroatoms. The van der Waals surface area contributed by atoms with Crippen molar-refractivity contribution in [3.63, 3.8) is 0 Å². The Bertz CT molecular complexity index is 389. The molecular weight excluding hydrogens is 232 g/mol. The SMILES string of the molecule is CC1CCCC(N(C)Cc2ccccc2CCN)C1. The molecule has 1 aromatic carbocycles. The lowest BCUT2D eigenvalue weighted by Gasteiger charge is -2.34. The summed E-state index contributed by atoms with van der Waals surface area (Å²) in [6.45, 7) is 4.19. The van der Waals surface area contributed by atoms with E-state index in [1.54, 1.807) is 0 Å². The number of rotatable bonds is 5. The van der Waals surface area contributed by atoms with Crippen LogP contribution < -0.4 is 5.73 Å². The van der Waals surface area contributed by atoms with Gasteiger partial charge >= 0.3 is 0 Å². The van der Waals surface area contributed by atoms with Crippen molar-refractivity contribution in [3.8, 4) is 0 Å². The zero-order valence-corrected chi connectivity index (χ0v) is 12.4. The topological polar surface area (TPSA) is 29.3 Å². The average molecular weight is 260 g/mol. The van der Waals surface area contributed by atoms with Crippen molar-refractivity contribution < 1.29 is 0 Å². The van der Waals surface area contributed by atoms with Gasteiger partial charge in [-0.1, -0.05) is 44.0 Å². The molecule has 0 aliphatic heterocycles. The van der Waals surface area contributed by atoms with Crippen molar-refractivity contribution in [2.45, 2.75) is 51.6 Å². The minimum Gasteiger partial charge on any atom is -0.330 e. The molecule has 1 aliphatic carbocycles. The third-order valence-corrected chi connectivity index (χ3v) is 4.48. The van der Waals surface area contributed by atoms with Crippen LogP contribution in [0.4, 0.5) is 0 Å². The maximum atomic E-state index is 5.71. The zero-order valence-electron chi connectivity index (χ0n) is 12.4. The summed E-state index contributed by atoms with van der Waals surface area (Å²) in [6.07, 6.45) is 6.51. The Labute approximate surface area is 118 Å². The van der Waals surface area contributed by atoms with Crippen LogP contribution in [-0.2, 0) is 13.0 Å². The van der Waals surface area contributed by atoms with E-state index in [0.717, 1.165) is 31.5 Å². The molecule has 2 atom stereocenters. The lowest BCUT2D eigenvalue weighted by atomic mass is 9.86. The first-order valence-electron chi connectivity index (χ1n) is 7.67. The van der Waals surface area contributed by atoms with Crippen molar-refractivity contribution in [2.24, 2.45) is 11.7 Å². The Morgan fingerprint density at radius 2 is 1.95 bits per heavy atom. The summed E-state index contributed by atoms with van der Waals surface area (Å²) < 4.78 is 0. The van der Waals surface area contributed by atoms with Gasteiger partial charge in [0.05, 0.1) is 0 Å². The minimum atomic E-state index is 0.737. The van der Waals surface area contributed by atoms with Crippen LogP contribution in [0.3, 0.4) is 0 Å². The molecule has 0 radical (unpaired) electrons. The van der Waals surface area contributed by atoms with E-state index in [9.17, 15) is 0 Å². The summed E-state index contributed by atoms with van der Waals surface area (Å²) in [5.41, 5.74) is 8.58. The molecule has 0 amide bonds. The van der Waals surface area contributed by atoms with E-state index in [0.29, 0.717) is 0 Å². The summed E-state index contributed by atoms with van der Waals surface area (Å²) in [5.74, 6) is 0.889. The molecule has 1 aromatic rings. The Morgan fingerprint density at radius 3 is 2.63 bits per heavy atom. The molecule has 2 N–H and O–H groups in total. The second kappa shape index (κ2) is 7.06. The van der Waals surface area contributed by atoms with Crippen LogP contribution in [0.15, 0.2) is 24.3 Å². The minimum absolute atomic E-state index is 0.737. The predicted molar refractivity (Wildman–Crippen MR) is 82.1 cm³/mol. The molecule has 2 unspecified atom stereocenters. The van der Waals surface area contributed by atoms with Crippen molar-refractivity contribution in [3.05, 3.63) is 35.4 Å². The summed E-state index contributed by atoms with van der Waals surface area (Å²) in [7, 11) is 2.28. The van der Waals surface area contributed by atoms with Crippen LogP contribution in [0.25, 0.3) is 0 Å². The quantitative estimate of drug-likeness (QED) is 0.881. The van der Waals surface area contributed by atoms with Gasteiger partial charge in [0.25, 0.3) is 0 Å². The molecule has 0 bridgehead atoms. The third-order valence-electron chi connectivity index (χ3n) is 4.48. The zero-order chi connectivity index (χ0) is 13.7. The van der Waals surface area contributed by atoms with Crippen molar-refractivity contribution in [1.29, 1.82) is 0 Å². The van der Waals surface area contributed by atoms with E-state index in [4.69, 9.17) is 5.73 Å². The van der Waals surface area contributed by atoms with Gasteiger partial charge in [-0.25, -0.2) is 0 Å². The maximum absolute atomic E-state index is 5.71. The van der Waals surface area contributed by atoms with Crippen molar-refractivity contribution in [2.75, 3.05) is 13.6 Å². The lowest BCUT2D eigenvalue weighted by Crippen LogP contribution is -2.35. The Kier molecular flexibility index (Phi) is 5.41. The van der Waals surface area contributed by atoms with Gasteiger partial charge in [0.2, 0.25) is 0 Å². The van der Waals surface area contributed by atoms with E-state index in [1.807, 2.05) is 0 Å². The fraction of sp³-hybridized carbons (Fsp3) is 0.647. The predicted octanol–water partition coefficient (Wildman–Crippen LogP) is 3.20. The van der Waals surface area contributed by atoms with Crippen LogP contribution in [0.1, 0.15) is 43.7 Å². The van der Waals surface area contributed by atoms with Crippen LogP contribution in [0.5, 0.6) is 0 Å². The first-order chi connectivity index (χ1) is 9.20. The van der Waals surface area contributed by atoms with Gasteiger partial charge in [-0.15, -0.1) is 0 Å². The van der Waals surface area contributed by atoms with E-state index in [1.165, 1.54) is 36.8 Å². The van der Waals surface area contributed by atoms with Crippen molar-refractivity contribution in [1.82, 2.24) is 4.90 Å². The fourth-order valence-electron chi connectivity index (χ4n) is 3.31.